The third kappa shape index (κ3) is 2.69. The van der Waals surface area contributed by atoms with Crippen molar-refractivity contribution in [2.24, 2.45) is 10.9 Å². The van der Waals surface area contributed by atoms with Crippen LogP contribution >= 0.6 is 0 Å². The number of hydrogen-bond acceptors (Lipinski definition) is 4. The van der Waals surface area contributed by atoms with Gasteiger partial charge in [0.25, 0.3) is 18.4 Å². The Kier molecular flexibility index (Phi) is 3.86. The molecule has 0 aromatic heterocycles. The molecule has 0 bridgehead atoms. The van der Waals surface area contributed by atoms with Gasteiger partial charge >= 0.3 is 0 Å². The van der Waals surface area contributed by atoms with Crippen molar-refractivity contribution in [3.8, 4) is 0 Å². The number of anilines is 1. The summed E-state index contributed by atoms with van der Waals surface area (Å²) < 4.78 is 33.9. The van der Waals surface area contributed by atoms with Gasteiger partial charge in [0.05, 0.1) is 0 Å². The molecule has 1 unspecified atom stereocenters. The largest absolute Gasteiger partial charge is 0.461 e. The van der Waals surface area contributed by atoms with Gasteiger partial charge in [-0.25, -0.2) is 13.8 Å². The molecule has 2 aromatic rings. The molecule has 2 aromatic carbocycles. The van der Waals surface area contributed by atoms with Gasteiger partial charge in [0, 0.05) is 17.2 Å². The van der Waals surface area contributed by atoms with Crippen molar-refractivity contribution in [3.05, 3.63) is 65.7 Å². The number of nitrogens with zero attached hydrogens (tertiary/aromatic N) is 1. The van der Waals surface area contributed by atoms with Gasteiger partial charge in [-0.1, -0.05) is 30.3 Å². The molecule has 3 atom stereocenters. The fraction of sp³-hybridized carbons (Fsp3) is 0.263. The second kappa shape index (κ2) is 6.09. The fourth-order valence-electron chi connectivity index (χ4n) is 3.40. The molecule has 3 N–H and O–H groups in total. The number of halogens is 2. The van der Waals surface area contributed by atoms with E-state index >= 15 is 0 Å². The van der Waals surface area contributed by atoms with Crippen LogP contribution in [0.15, 0.2) is 59.6 Å². The van der Waals surface area contributed by atoms with Crippen LogP contribution in [0.5, 0.6) is 0 Å². The minimum absolute atomic E-state index is 0.180. The highest BCUT2D eigenvalue weighted by molar-refractivity contribution is 6.04. The molecule has 7 heteroatoms. The van der Waals surface area contributed by atoms with Crippen molar-refractivity contribution < 1.29 is 18.3 Å². The summed E-state index contributed by atoms with van der Waals surface area (Å²) in [6.45, 7) is 0. The van der Waals surface area contributed by atoms with Gasteiger partial charge in [-0.05, 0) is 36.2 Å². The highest BCUT2D eigenvalue weighted by atomic mass is 19.3. The minimum atomic E-state index is -2.76. The maximum Gasteiger partial charge on any atom is 0.293 e. The number of alkyl halides is 2. The molecular weight excluding hydrogens is 340 g/mol. The van der Waals surface area contributed by atoms with Gasteiger partial charge in [0.1, 0.15) is 6.10 Å². The van der Waals surface area contributed by atoms with Gasteiger partial charge in [-0.15, -0.1) is 0 Å². The lowest BCUT2D eigenvalue weighted by Gasteiger charge is -2.33. The van der Waals surface area contributed by atoms with Gasteiger partial charge in [-0.2, -0.15) is 0 Å². The molecule has 26 heavy (non-hydrogen) atoms. The Morgan fingerprint density at radius 3 is 2.69 bits per heavy atom. The zero-order chi connectivity index (χ0) is 18.3. The summed E-state index contributed by atoms with van der Waals surface area (Å²) in [5, 5.41) is 2.51. The van der Waals surface area contributed by atoms with E-state index in [0.717, 1.165) is 0 Å². The van der Waals surface area contributed by atoms with Crippen molar-refractivity contribution >= 4 is 17.6 Å². The molecule has 134 valence electrons. The lowest BCUT2D eigenvalue weighted by molar-refractivity contribution is 0.0186. The molecule has 0 saturated heterocycles. The first kappa shape index (κ1) is 16.5. The second-order valence-electron chi connectivity index (χ2n) is 6.49. The van der Waals surface area contributed by atoms with Crippen LogP contribution in [0.2, 0.25) is 0 Å². The number of benzene rings is 2. The van der Waals surface area contributed by atoms with Crippen LogP contribution in [0.3, 0.4) is 0 Å². The highest BCUT2D eigenvalue weighted by Crippen LogP contribution is 2.55. The quantitative estimate of drug-likeness (QED) is 0.829. The molecule has 1 heterocycles. The van der Waals surface area contributed by atoms with Crippen LogP contribution in [-0.4, -0.2) is 24.5 Å². The number of nitrogens with two attached hydrogens (primary N) is 1. The van der Waals surface area contributed by atoms with E-state index in [1.54, 1.807) is 48.5 Å². The molecule has 4 rings (SSSR count). The van der Waals surface area contributed by atoms with Crippen molar-refractivity contribution in [3.63, 3.8) is 0 Å². The maximum absolute atomic E-state index is 14.2. The van der Waals surface area contributed by atoms with Crippen molar-refractivity contribution in [1.29, 1.82) is 0 Å². The zero-order valence-corrected chi connectivity index (χ0v) is 13.7. The number of aliphatic imine (C=N–C) groups is 1. The molecule has 1 amide bonds. The number of hydrogen-bond donors (Lipinski definition) is 2. The average Bonchev–Trinajstić information content (AvgIpc) is 3.41. The summed E-state index contributed by atoms with van der Waals surface area (Å²) in [5.74, 6) is -0.902. The van der Waals surface area contributed by atoms with E-state index in [-0.39, 0.29) is 6.02 Å². The Labute approximate surface area is 148 Å². The number of fused-ring (bicyclic) bond motifs is 1. The predicted molar refractivity (Wildman–Crippen MR) is 92.9 cm³/mol. The summed E-state index contributed by atoms with van der Waals surface area (Å²) in [4.78, 5) is 16.5. The number of ether oxygens (including phenoxy) is 1. The van der Waals surface area contributed by atoms with Crippen LogP contribution in [0, 0.1) is 5.92 Å². The van der Waals surface area contributed by atoms with E-state index in [1.807, 2.05) is 0 Å². The zero-order valence-electron chi connectivity index (χ0n) is 13.7. The van der Waals surface area contributed by atoms with Crippen LogP contribution in [0.25, 0.3) is 0 Å². The van der Waals surface area contributed by atoms with E-state index in [1.165, 1.54) is 6.07 Å². The topological polar surface area (TPSA) is 76.7 Å². The van der Waals surface area contributed by atoms with Crippen molar-refractivity contribution in [2.45, 2.75) is 24.5 Å². The van der Waals surface area contributed by atoms with Crippen LogP contribution in [0.4, 0.5) is 14.5 Å². The molecule has 1 fully saturated rings. The number of rotatable bonds is 3. The number of nitrogen functional groups attached to an aromatic ring is 1. The standard InChI is InChI=1S/C19H17F2N3O2/c20-17(21)19(12-7-4-8-13(22)9-12)14-10-15(14)26-18(24-19)23-16(25)11-5-2-1-3-6-11/h1-9,14-15,17H,10,22H2,(H,23,24,25)/t14-,15?,19+/m0/s1. The van der Waals surface area contributed by atoms with E-state index in [9.17, 15) is 13.6 Å². The van der Waals surface area contributed by atoms with E-state index in [0.29, 0.717) is 23.2 Å². The van der Waals surface area contributed by atoms with E-state index in [4.69, 9.17) is 10.5 Å². The Morgan fingerprint density at radius 2 is 2.00 bits per heavy atom. The lowest BCUT2D eigenvalue weighted by atomic mass is 9.85. The SMILES string of the molecule is Nc1cccc([C@@]2(C(F)F)N=C(NC(=O)c3ccccc3)OC3C[C@@H]32)c1. The maximum atomic E-state index is 14.2. The second-order valence-corrected chi connectivity index (χ2v) is 6.49. The fourth-order valence-corrected chi connectivity index (χ4v) is 3.40. The third-order valence-corrected chi connectivity index (χ3v) is 4.78. The number of amidine groups is 1. The number of amides is 1. The third-order valence-electron chi connectivity index (χ3n) is 4.78. The Hall–Kier alpha value is -2.96. The van der Waals surface area contributed by atoms with Crippen molar-refractivity contribution in [2.75, 3.05) is 5.73 Å². The predicted octanol–water partition coefficient (Wildman–Crippen LogP) is 2.93. The highest BCUT2D eigenvalue weighted by Gasteiger charge is 2.63. The summed E-state index contributed by atoms with van der Waals surface area (Å²) >= 11 is 0. The monoisotopic (exact) mass is 357 g/mol. The van der Waals surface area contributed by atoms with Crippen molar-refractivity contribution in [1.82, 2.24) is 5.32 Å². The van der Waals surface area contributed by atoms with Gasteiger partial charge < -0.3 is 10.5 Å². The molecule has 0 radical (unpaired) electrons. The molecule has 0 spiro atoms. The molecule has 1 saturated carbocycles. The van der Waals surface area contributed by atoms with Gasteiger partial charge in [-0.3, -0.25) is 10.1 Å². The lowest BCUT2D eigenvalue weighted by Crippen LogP contribution is -2.45. The Bertz CT molecular complexity index is 872. The van der Waals surface area contributed by atoms with Crippen LogP contribution < -0.4 is 11.1 Å². The summed E-state index contributed by atoms with van der Waals surface area (Å²) in [6, 6.07) is 14.6. The Morgan fingerprint density at radius 1 is 1.23 bits per heavy atom. The number of carbonyl (C=O) groups is 1. The Balaban J connectivity index is 1.70. The smallest absolute Gasteiger partial charge is 0.293 e. The van der Waals surface area contributed by atoms with Crippen LogP contribution in [-0.2, 0) is 10.3 Å². The molecule has 1 aliphatic heterocycles. The van der Waals surface area contributed by atoms with Crippen LogP contribution in [0.1, 0.15) is 22.3 Å². The molecular formula is C19H17F2N3O2. The minimum Gasteiger partial charge on any atom is -0.461 e. The van der Waals surface area contributed by atoms with Gasteiger partial charge in [0.2, 0.25) is 0 Å². The number of nitrogens with one attached hydrogen (secondary N) is 1. The average molecular weight is 357 g/mol. The molecule has 5 nitrogen and oxygen atoms in total. The van der Waals surface area contributed by atoms with Gasteiger partial charge in [0.15, 0.2) is 5.54 Å². The number of carbonyl (C=O) groups excluding carboxylic acids is 1. The van der Waals surface area contributed by atoms with E-state index in [2.05, 4.69) is 10.3 Å². The molecule has 2 aliphatic rings. The first-order valence-corrected chi connectivity index (χ1v) is 8.28. The van der Waals surface area contributed by atoms with E-state index < -0.39 is 29.9 Å². The normalized spacial score (nSPS) is 26.5. The first-order valence-electron chi connectivity index (χ1n) is 8.28. The first-order chi connectivity index (χ1) is 12.5. The molecule has 1 aliphatic carbocycles. The summed E-state index contributed by atoms with van der Waals surface area (Å²) in [7, 11) is 0. The summed E-state index contributed by atoms with van der Waals surface area (Å²) in [5.41, 5.74) is 5.12. The summed E-state index contributed by atoms with van der Waals surface area (Å²) in [6.07, 6.45) is -2.70.